The van der Waals surface area contributed by atoms with E-state index >= 15 is 0 Å². The molecule has 0 aliphatic heterocycles. The van der Waals surface area contributed by atoms with Crippen LogP contribution in [0.25, 0.3) is 11.0 Å². The van der Waals surface area contributed by atoms with Crippen molar-refractivity contribution in [1.29, 1.82) is 0 Å². The summed E-state index contributed by atoms with van der Waals surface area (Å²) in [6.07, 6.45) is 1.28. The van der Waals surface area contributed by atoms with Crippen LogP contribution in [-0.2, 0) is 15.8 Å². The van der Waals surface area contributed by atoms with Crippen molar-refractivity contribution in [3.63, 3.8) is 0 Å². The van der Waals surface area contributed by atoms with E-state index in [0.717, 1.165) is 0 Å². The number of benzene rings is 1. The Hall–Kier alpha value is -2.35. The van der Waals surface area contributed by atoms with Gasteiger partial charge in [0.2, 0.25) is 10.0 Å². The summed E-state index contributed by atoms with van der Waals surface area (Å²) in [5.41, 5.74) is 0.903. The molecule has 8 heteroatoms. The maximum Gasteiger partial charge on any atom is 0.239 e. The van der Waals surface area contributed by atoms with Gasteiger partial charge in [-0.05, 0) is 12.1 Å². The van der Waals surface area contributed by atoms with E-state index in [4.69, 9.17) is 4.52 Å². The lowest BCUT2D eigenvalue weighted by Crippen LogP contribution is -2.15. The number of fused-ring (bicyclic) bond motifs is 1. The number of hydrogen-bond acceptors (Lipinski definition) is 6. The number of nitrogens with one attached hydrogen (secondary N) is 1. The predicted molar refractivity (Wildman–Crippen MR) is 66.8 cm³/mol. The van der Waals surface area contributed by atoms with Gasteiger partial charge in [0.25, 0.3) is 0 Å². The summed E-state index contributed by atoms with van der Waals surface area (Å²) in [6, 6.07) is 8.48. The zero-order chi connectivity index (χ0) is 13.3. The largest absolute Gasteiger partial charge is 0.363 e. The van der Waals surface area contributed by atoms with E-state index in [1.165, 1.54) is 12.3 Å². The van der Waals surface area contributed by atoms with E-state index < -0.39 is 10.0 Å². The van der Waals surface area contributed by atoms with Gasteiger partial charge in [-0.3, -0.25) is 4.72 Å². The normalized spacial score (nSPS) is 11.8. The van der Waals surface area contributed by atoms with Gasteiger partial charge in [0.1, 0.15) is 17.7 Å². The first kappa shape index (κ1) is 11.7. The van der Waals surface area contributed by atoms with E-state index in [-0.39, 0.29) is 11.6 Å². The first-order valence-electron chi connectivity index (χ1n) is 5.38. The van der Waals surface area contributed by atoms with Crippen LogP contribution in [0.4, 0.5) is 5.82 Å². The van der Waals surface area contributed by atoms with Crippen LogP contribution in [0.15, 0.2) is 45.6 Å². The summed E-state index contributed by atoms with van der Waals surface area (Å²) in [4.78, 5) is 0. The van der Waals surface area contributed by atoms with Crippen molar-refractivity contribution in [2.75, 3.05) is 4.72 Å². The molecule has 0 fully saturated rings. The van der Waals surface area contributed by atoms with Crippen LogP contribution in [0, 0.1) is 0 Å². The lowest BCUT2D eigenvalue weighted by atomic mass is 10.2. The Labute approximate surface area is 108 Å². The van der Waals surface area contributed by atoms with Crippen molar-refractivity contribution in [1.82, 2.24) is 10.3 Å². The van der Waals surface area contributed by atoms with Crippen molar-refractivity contribution >= 4 is 26.8 Å². The molecule has 0 aliphatic carbocycles. The van der Waals surface area contributed by atoms with Crippen LogP contribution in [0.3, 0.4) is 0 Å². The second-order valence-electron chi connectivity index (χ2n) is 3.87. The maximum atomic E-state index is 11.9. The van der Waals surface area contributed by atoms with Gasteiger partial charge in [-0.25, -0.2) is 8.42 Å². The van der Waals surface area contributed by atoms with Gasteiger partial charge in [0, 0.05) is 11.5 Å². The lowest BCUT2D eigenvalue weighted by Gasteiger charge is -2.02. The van der Waals surface area contributed by atoms with E-state index in [9.17, 15) is 8.42 Å². The molecule has 0 spiro atoms. The van der Waals surface area contributed by atoms with Gasteiger partial charge in [0.05, 0.1) is 0 Å². The van der Waals surface area contributed by atoms with E-state index in [2.05, 4.69) is 19.6 Å². The highest BCUT2D eigenvalue weighted by Gasteiger charge is 2.18. The summed E-state index contributed by atoms with van der Waals surface area (Å²) < 4.78 is 35.8. The molecule has 98 valence electrons. The number of sulfonamides is 1. The third-order valence-corrected chi connectivity index (χ3v) is 3.65. The third kappa shape index (κ3) is 2.43. The summed E-state index contributed by atoms with van der Waals surface area (Å²) in [5, 5.41) is 7.93. The molecule has 2 aromatic heterocycles. The second kappa shape index (κ2) is 4.39. The highest BCUT2D eigenvalue weighted by Crippen LogP contribution is 2.20. The van der Waals surface area contributed by atoms with Crippen LogP contribution in [0.5, 0.6) is 0 Å². The van der Waals surface area contributed by atoms with Crippen molar-refractivity contribution < 1.29 is 17.5 Å². The molecule has 0 saturated carbocycles. The molecular weight excluding hydrogens is 270 g/mol. The number of aromatic nitrogens is 2. The fraction of sp³-hybridized carbons (Fsp3) is 0.0909. The van der Waals surface area contributed by atoms with E-state index in [1.54, 1.807) is 24.3 Å². The standard InChI is InChI=1S/C11H9N3O4S/c15-19(16,14-11-5-6-17-13-11)7-9-8-3-1-2-4-10(8)18-12-9/h1-6H,7H2,(H,13,14). The van der Waals surface area contributed by atoms with Crippen molar-refractivity contribution in [3.8, 4) is 0 Å². The van der Waals surface area contributed by atoms with Crippen LogP contribution < -0.4 is 4.72 Å². The molecule has 0 unspecified atom stereocenters. The van der Waals surface area contributed by atoms with Gasteiger partial charge >= 0.3 is 0 Å². The number of rotatable bonds is 4. The molecule has 0 amide bonds. The smallest absolute Gasteiger partial charge is 0.239 e. The average Bonchev–Trinajstić information content (AvgIpc) is 2.99. The number of para-hydroxylation sites is 1. The molecule has 19 heavy (non-hydrogen) atoms. The molecule has 3 aromatic rings. The summed E-state index contributed by atoms with van der Waals surface area (Å²) >= 11 is 0. The highest BCUT2D eigenvalue weighted by atomic mass is 32.2. The molecule has 0 saturated heterocycles. The predicted octanol–water partition coefficient (Wildman–Crippen LogP) is 1.76. The topological polar surface area (TPSA) is 98.2 Å². The second-order valence-corrected chi connectivity index (χ2v) is 5.59. The molecule has 2 heterocycles. The maximum absolute atomic E-state index is 11.9. The summed E-state index contributed by atoms with van der Waals surface area (Å²) in [6.45, 7) is 0. The van der Waals surface area contributed by atoms with Gasteiger partial charge in [-0.2, -0.15) is 0 Å². The molecule has 7 nitrogen and oxygen atoms in total. The molecule has 1 aromatic carbocycles. The molecule has 3 rings (SSSR count). The Morgan fingerprint density at radius 2 is 2.00 bits per heavy atom. The van der Waals surface area contributed by atoms with Crippen LogP contribution in [-0.4, -0.2) is 18.7 Å². The molecule has 0 aliphatic rings. The molecule has 0 radical (unpaired) electrons. The Bertz CT molecular complexity index is 792. The minimum absolute atomic E-state index is 0.132. The first-order chi connectivity index (χ1) is 9.14. The SMILES string of the molecule is O=S(=O)(Cc1noc2ccccc12)Nc1ccon1. The fourth-order valence-corrected chi connectivity index (χ4v) is 2.75. The fourth-order valence-electron chi connectivity index (χ4n) is 1.68. The Kier molecular flexibility index (Phi) is 2.71. The average molecular weight is 279 g/mol. The Morgan fingerprint density at radius 3 is 2.79 bits per heavy atom. The van der Waals surface area contributed by atoms with Crippen molar-refractivity contribution in [3.05, 3.63) is 42.3 Å². The molecular formula is C11H9N3O4S. The zero-order valence-corrected chi connectivity index (χ0v) is 10.4. The third-order valence-electron chi connectivity index (χ3n) is 2.48. The van der Waals surface area contributed by atoms with Gasteiger partial charge in [-0.1, -0.05) is 22.4 Å². The zero-order valence-electron chi connectivity index (χ0n) is 9.61. The Morgan fingerprint density at radius 1 is 1.16 bits per heavy atom. The molecule has 0 bridgehead atoms. The van der Waals surface area contributed by atoms with E-state index in [0.29, 0.717) is 16.7 Å². The van der Waals surface area contributed by atoms with Gasteiger partial charge in [-0.15, -0.1) is 0 Å². The quantitative estimate of drug-likeness (QED) is 0.781. The summed E-state index contributed by atoms with van der Waals surface area (Å²) in [7, 11) is -3.61. The van der Waals surface area contributed by atoms with Gasteiger partial charge < -0.3 is 9.05 Å². The minimum atomic E-state index is -3.61. The Balaban J connectivity index is 1.88. The molecule has 1 N–H and O–H groups in total. The van der Waals surface area contributed by atoms with Crippen LogP contribution >= 0.6 is 0 Å². The van der Waals surface area contributed by atoms with Crippen molar-refractivity contribution in [2.45, 2.75) is 5.75 Å². The monoisotopic (exact) mass is 279 g/mol. The minimum Gasteiger partial charge on any atom is -0.363 e. The van der Waals surface area contributed by atoms with Crippen LogP contribution in [0.1, 0.15) is 5.69 Å². The number of hydrogen-bond donors (Lipinski definition) is 1. The van der Waals surface area contributed by atoms with E-state index in [1.807, 2.05) is 0 Å². The van der Waals surface area contributed by atoms with Gasteiger partial charge in [0.15, 0.2) is 11.4 Å². The summed E-state index contributed by atoms with van der Waals surface area (Å²) in [5.74, 6) is -0.163. The van der Waals surface area contributed by atoms with Crippen LogP contribution in [0.2, 0.25) is 0 Å². The first-order valence-corrected chi connectivity index (χ1v) is 7.03. The highest BCUT2D eigenvalue weighted by molar-refractivity contribution is 7.91. The lowest BCUT2D eigenvalue weighted by molar-refractivity contribution is 0.423. The van der Waals surface area contributed by atoms with Crippen molar-refractivity contribution in [2.24, 2.45) is 0 Å². The molecule has 0 atom stereocenters. The number of nitrogens with zero attached hydrogens (tertiary/aromatic N) is 2. The number of anilines is 1.